The third kappa shape index (κ3) is 1.98. The number of aromatic nitrogens is 1. The van der Waals surface area contributed by atoms with Gasteiger partial charge < -0.3 is 10.1 Å². The first-order valence-corrected chi connectivity index (χ1v) is 5.79. The molecule has 0 aliphatic carbocycles. The topological polar surface area (TPSA) is 30.4 Å². The third-order valence-corrected chi connectivity index (χ3v) is 3.20. The van der Waals surface area contributed by atoms with E-state index in [2.05, 4.69) is 55.6 Å². The lowest BCUT2D eigenvalue weighted by Crippen LogP contribution is -2.26. The predicted octanol–water partition coefficient (Wildman–Crippen LogP) is 2.78. The quantitative estimate of drug-likeness (QED) is 0.840. The first-order valence-electron chi connectivity index (χ1n) is 5.79. The zero-order valence-electron chi connectivity index (χ0n) is 10.3. The van der Waals surface area contributed by atoms with Gasteiger partial charge in [0.1, 0.15) is 0 Å². The molecule has 2 heteroatoms. The highest BCUT2D eigenvalue weighted by Crippen LogP contribution is 2.25. The van der Waals surface area contributed by atoms with E-state index in [0.29, 0.717) is 6.54 Å². The number of pyridine rings is 1. The summed E-state index contributed by atoms with van der Waals surface area (Å²) in [7, 11) is 0. The van der Waals surface area contributed by atoms with Gasteiger partial charge in [-0.2, -0.15) is 0 Å². The molecule has 2 nitrogen and oxygen atoms in total. The minimum atomic E-state index is 0.162. The summed E-state index contributed by atoms with van der Waals surface area (Å²) in [5.41, 5.74) is 9.97. The second-order valence-electron chi connectivity index (χ2n) is 5.31. The Kier molecular flexibility index (Phi) is 2.76. The Balaban J connectivity index is 2.47. The van der Waals surface area contributed by atoms with E-state index < -0.39 is 0 Å². The van der Waals surface area contributed by atoms with Gasteiger partial charge in [0, 0.05) is 17.4 Å². The van der Waals surface area contributed by atoms with Gasteiger partial charge >= 0.3 is 0 Å². The van der Waals surface area contributed by atoms with Crippen LogP contribution < -0.4 is 5.73 Å². The van der Waals surface area contributed by atoms with Gasteiger partial charge in [-0.3, -0.25) is 0 Å². The van der Waals surface area contributed by atoms with Crippen LogP contribution >= 0.6 is 0 Å². The molecule has 0 fully saturated rings. The fourth-order valence-electron chi connectivity index (χ4n) is 2.06. The second kappa shape index (κ2) is 3.95. The van der Waals surface area contributed by atoms with Crippen LogP contribution in [0.15, 0.2) is 30.5 Å². The Morgan fingerprint density at radius 1 is 1.31 bits per heavy atom. The number of nitrogens with two attached hydrogens (primary N) is 1. The molecular weight excluding hydrogens is 196 g/mol. The molecule has 2 heterocycles. The zero-order valence-corrected chi connectivity index (χ0v) is 10.3. The first-order chi connectivity index (χ1) is 7.53. The molecule has 0 amide bonds. The number of hydrogen-bond donors (Lipinski definition) is 1. The number of hydrogen-bond acceptors (Lipinski definition) is 1. The molecule has 2 aromatic rings. The van der Waals surface area contributed by atoms with Gasteiger partial charge in [0.15, 0.2) is 0 Å². The summed E-state index contributed by atoms with van der Waals surface area (Å²) in [6.45, 7) is 7.32. The highest BCUT2D eigenvalue weighted by Gasteiger charge is 2.19. The number of aryl methyl sites for hydroxylation is 1. The third-order valence-electron chi connectivity index (χ3n) is 3.20. The van der Waals surface area contributed by atoms with E-state index in [1.807, 2.05) is 0 Å². The summed E-state index contributed by atoms with van der Waals surface area (Å²) in [5.74, 6) is 0. The van der Waals surface area contributed by atoms with Crippen molar-refractivity contribution in [2.24, 2.45) is 11.1 Å². The predicted molar refractivity (Wildman–Crippen MR) is 68.7 cm³/mol. The minimum absolute atomic E-state index is 0.162. The normalized spacial score (nSPS) is 12.2. The molecule has 0 saturated carbocycles. The van der Waals surface area contributed by atoms with Gasteiger partial charge in [-0.15, -0.1) is 0 Å². The monoisotopic (exact) mass is 216 g/mol. The molecular formula is C14H20N2. The van der Waals surface area contributed by atoms with E-state index in [4.69, 9.17) is 5.73 Å². The number of rotatable bonds is 3. The molecule has 0 unspecified atom stereocenters. The molecule has 86 valence electrons. The van der Waals surface area contributed by atoms with Crippen LogP contribution in [0.4, 0.5) is 0 Å². The summed E-state index contributed by atoms with van der Waals surface area (Å²) in [6.07, 6.45) is 3.15. The molecule has 0 bridgehead atoms. The van der Waals surface area contributed by atoms with Crippen molar-refractivity contribution in [2.45, 2.75) is 27.2 Å². The van der Waals surface area contributed by atoms with Gasteiger partial charge in [-0.25, -0.2) is 0 Å². The molecule has 0 spiro atoms. The Morgan fingerprint density at radius 2 is 2.06 bits per heavy atom. The van der Waals surface area contributed by atoms with Gasteiger partial charge in [0.25, 0.3) is 0 Å². The fourth-order valence-corrected chi connectivity index (χ4v) is 2.06. The van der Waals surface area contributed by atoms with Crippen LogP contribution in [-0.2, 0) is 6.42 Å². The summed E-state index contributed by atoms with van der Waals surface area (Å²) < 4.78 is 2.27. The minimum Gasteiger partial charge on any atom is -0.330 e. The van der Waals surface area contributed by atoms with Crippen molar-refractivity contribution in [1.82, 2.24) is 4.40 Å². The van der Waals surface area contributed by atoms with E-state index in [-0.39, 0.29) is 5.41 Å². The van der Waals surface area contributed by atoms with E-state index in [9.17, 15) is 0 Å². The van der Waals surface area contributed by atoms with E-state index in [1.54, 1.807) is 0 Å². The molecule has 2 rings (SSSR count). The molecule has 0 aliphatic rings. The summed E-state index contributed by atoms with van der Waals surface area (Å²) in [5, 5.41) is 0. The molecule has 0 aromatic carbocycles. The SMILES string of the molecule is Cc1cc2ccccn2c1CC(C)(C)CN. The molecule has 16 heavy (non-hydrogen) atoms. The molecule has 2 aromatic heterocycles. The van der Waals surface area contributed by atoms with Crippen LogP contribution in [0.2, 0.25) is 0 Å². The van der Waals surface area contributed by atoms with Crippen molar-refractivity contribution >= 4 is 5.52 Å². The van der Waals surface area contributed by atoms with E-state index >= 15 is 0 Å². The summed E-state index contributed by atoms with van der Waals surface area (Å²) in [4.78, 5) is 0. The van der Waals surface area contributed by atoms with Crippen LogP contribution in [0, 0.1) is 12.3 Å². The van der Waals surface area contributed by atoms with Crippen molar-refractivity contribution in [3.05, 3.63) is 41.7 Å². The Labute approximate surface area is 97.1 Å². The Hall–Kier alpha value is -1.28. The van der Waals surface area contributed by atoms with Crippen molar-refractivity contribution in [1.29, 1.82) is 0 Å². The van der Waals surface area contributed by atoms with Gasteiger partial charge in [-0.1, -0.05) is 19.9 Å². The molecule has 0 radical (unpaired) electrons. The lowest BCUT2D eigenvalue weighted by atomic mass is 9.87. The largest absolute Gasteiger partial charge is 0.330 e. The zero-order chi connectivity index (χ0) is 11.8. The van der Waals surface area contributed by atoms with Crippen molar-refractivity contribution in [2.75, 3.05) is 6.54 Å². The maximum atomic E-state index is 5.81. The molecule has 0 saturated heterocycles. The van der Waals surface area contributed by atoms with Crippen molar-refractivity contribution in [3.8, 4) is 0 Å². The average molecular weight is 216 g/mol. The summed E-state index contributed by atoms with van der Waals surface area (Å²) in [6, 6.07) is 8.53. The van der Waals surface area contributed by atoms with E-state index in [0.717, 1.165) is 6.42 Å². The second-order valence-corrected chi connectivity index (χ2v) is 5.31. The lowest BCUT2D eigenvalue weighted by molar-refractivity contribution is 0.371. The highest BCUT2D eigenvalue weighted by molar-refractivity contribution is 5.53. The average Bonchev–Trinajstić information content (AvgIpc) is 2.56. The smallest absolute Gasteiger partial charge is 0.0455 e. The van der Waals surface area contributed by atoms with Crippen molar-refractivity contribution < 1.29 is 0 Å². The number of fused-ring (bicyclic) bond motifs is 1. The summed E-state index contributed by atoms with van der Waals surface area (Å²) >= 11 is 0. The lowest BCUT2D eigenvalue weighted by Gasteiger charge is -2.22. The fraction of sp³-hybridized carbons (Fsp3) is 0.429. The van der Waals surface area contributed by atoms with Gasteiger partial charge in [0.2, 0.25) is 0 Å². The van der Waals surface area contributed by atoms with Crippen molar-refractivity contribution in [3.63, 3.8) is 0 Å². The Bertz CT molecular complexity index is 494. The molecule has 0 aliphatic heterocycles. The first kappa shape index (κ1) is 11.2. The van der Waals surface area contributed by atoms with Gasteiger partial charge in [-0.05, 0) is 49.1 Å². The van der Waals surface area contributed by atoms with Crippen LogP contribution in [-0.4, -0.2) is 10.9 Å². The maximum Gasteiger partial charge on any atom is 0.0455 e. The van der Waals surface area contributed by atoms with Gasteiger partial charge in [0.05, 0.1) is 0 Å². The molecule has 2 N–H and O–H groups in total. The van der Waals surface area contributed by atoms with Crippen LogP contribution in [0.3, 0.4) is 0 Å². The molecule has 0 atom stereocenters. The maximum absolute atomic E-state index is 5.81. The Morgan fingerprint density at radius 3 is 2.75 bits per heavy atom. The van der Waals surface area contributed by atoms with Crippen LogP contribution in [0.5, 0.6) is 0 Å². The number of nitrogens with zero attached hydrogens (tertiary/aromatic N) is 1. The van der Waals surface area contributed by atoms with Crippen LogP contribution in [0.25, 0.3) is 5.52 Å². The van der Waals surface area contributed by atoms with E-state index in [1.165, 1.54) is 16.8 Å². The standard InChI is InChI=1S/C14H20N2/c1-11-8-12-6-4-5-7-16(12)13(11)9-14(2,3)10-15/h4-8H,9-10,15H2,1-3H3. The highest BCUT2D eigenvalue weighted by atomic mass is 14.9. The van der Waals surface area contributed by atoms with Crippen LogP contribution in [0.1, 0.15) is 25.1 Å².